The zero-order chi connectivity index (χ0) is 16.1. The van der Waals surface area contributed by atoms with Crippen LogP contribution < -0.4 is 0 Å². The van der Waals surface area contributed by atoms with Crippen LogP contribution in [0.5, 0.6) is 0 Å². The standard InChI is InChI=1S/C22H19N/c1-2-21(18-8-6-7-9-18)22(19-10-4-3-5-11-19)20-14-12-17(16-23)13-15-20/h3-8,10-15H,2,9H2,1H3/b22-21-. The lowest BCUT2D eigenvalue weighted by molar-refractivity contribution is 1.08. The van der Waals surface area contributed by atoms with E-state index in [1.54, 1.807) is 0 Å². The van der Waals surface area contributed by atoms with Gasteiger partial charge in [0.15, 0.2) is 0 Å². The van der Waals surface area contributed by atoms with Gasteiger partial charge < -0.3 is 0 Å². The smallest absolute Gasteiger partial charge is 0.0991 e. The van der Waals surface area contributed by atoms with E-state index in [0.717, 1.165) is 12.8 Å². The van der Waals surface area contributed by atoms with E-state index in [-0.39, 0.29) is 0 Å². The van der Waals surface area contributed by atoms with Gasteiger partial charge in [-0.05, 0) is 52.8 Å². The third-order valence-corrected chi connectivity index (χ3v) is 4.18. The van der Waals surface area contributed by atoms with Gasteiger partial charge in [0.1, 0.15) is 0 Å². The molecular weight excluding hydrogens is 278 g/mol. The van der Waals surface area contributed by atoms with Crippen molar-refractivity contribution >= 4 is 5.57 Å². The Bertz CT molecular complexity index is 813. The van der Waals surface area contributed by atoms with E-state index in [4.69, 9.17) is 5.26 Å². The molecule has 0 aliphatic heterocycles. The second kappa shape index (κ2) is 6.94. The van der Waals surface area contributed by atoms with Crippen LogP contribution in [-0.4, -0.2) is 0 Å². The van der Waals surface area contributed by atoms with Crippen LogP contribution in [0.3, 0.4) is 0 Å². The van der Waals surface area contributed by atoms with Gasteiger partial charge >= 0.3 is 0 Å². The number of rotatable bonds is 4. The number of nitrogens with zero attached hydrogens (tertiary/aromatic N) is 1. The maximum absolute atomic E-state index is 9.03. The molecule has 0 spiro atoms. The molecule has 23 heavy (non-hydrogen) atoms. The van der Waals surface area contributed by atoms with Crippen LogP contribution in [0.25, 0.3) is 5.57 Å². The van der Waals surface area contributed by atoms with Gasteiger partial charge in [-0.2, -0.15) is 5.26 Å². The van der Waals surface area contributed by atoms with E-state index < -0.39 is 0 Å². The van der Waals surface area contributed by atoms with Gasteiger partial charge in [0, 0.05) is 0 Å². The van der Waals surface area contributed by atoms with Gasteiger partial charge in [0.25, 0.3) is 0 Å². The number of hydrogen-bond donors (Lipinski definition) is 0. The molecule has 2 aromatic carbocycles. The molecule has 2 aromatic rings. The molecule has 0 saturated heterocycles. The molecule has 0 atom stereocenters. The molecule has 1 nitrogen and oxygen atoms in total. The predicted molar refractivity (Wildman–Crippen MR) is 95.8 cm³/mol. The van der Waals surface area contributed by atoms with Gasteiger partial charge in [-0.15, -0.1) is 0 Å². The number of benzene rings is 2. The van der Waals surface area contributed by atoms with E-state index in [1.807, 2.05) is 18.2 Å². The highest BCUT2D eigenvalue weighted by atomic mass is 14.2. The van der Waals surface area contributed by atoms with Gasteiger partial charge in [-0.25, -0.2) is 0 Å². The van der Waals surface area contributed by atoms with E-state index in [0.29, 0.717) is 5.56 Å². The Morgan fingerprint density at radius 3 is 2.26 bits per heavy atom. The molecule has 0 unspecified atom stereocenters. The molecular formula is C22H19N. The lowest BCUT2D eigenvalue weighted by Crippen LogP contribution is -1.97. The predicted octanol–water partition coefficient (Wildman–Crippen LogP) is 5.66. The molecule has 112 valence electrons. The molecule has 0 fully saturated rings. The SMILES string of the molecule is CC/C(C1=CC=CC1)=C(\c1ccccc1)c1ccc(C#N)cc1. The summed E-state index contributed by atoms with van der Waals surface area (Å²) < 4.78 is 0. The summed E-state index contributed by atoms with van der Waals surface area (Å²) in [4.78, 5) is 0. The second-order valence-electron chi connectivity index (χ2n) is 5.59. The van der Waals surface area contributed by atoms with Crippen LogP contribution in [0.4, 0.5) is 0 Å². The summed E-state index contributed by atoms with van der Waals surface area (Å²) in [5.74, 6) is 0. The first-order valence-electron chi connectivity index (χ1n) is 7.98. The molecule has 0 N–H and O–H groups in total. The Morgan fingerprint density at radius 1 is 1.00 bits per heavy atom. The molecule has 0 amide bonds. The minimum Gasteiger partial charge on any atom is -0.192 e. The topological polar surface area (TPSA) is 23.8 Å². The van der Waals surface area contributed by atoms with Gasteiger partial charge in [0.05, 0.1) is 11.6 Å². The molecule has 0 saturated carbocycles. The van der Waals surface area contributed by atoms with Gasteiger partial charge in [-0.1, -0.05) is 67.6 Å². The van der Waals surface area contributed by atoms with Crippen LogP contribution >= 0.6 is 0 Å². The number of nitriles is 1. The monoisotopic (exact) mass is 297 g/mol. The highest BCUT2D eigenvalue weighted by Gasteiger charge is 2.15. The average Bonchev–Trinajstić information content (AvgIpc) is 3.15. The Labute approximate surface area is 137 Å². The van der Waals surface area contributed by atoms with Crippen LogP contribution in [0.15, 0.2) is 84.0 Å². The number of hydrogen-bond acceptors (Lipinski definition) is 1. The normalized spacial score (nSPS) is 14.2. The van der Waals surface area contributed by atoms with Crippen molar-refractivity contribution in [3.05, 3.63) is 101 Å². The molecule has 0 heterocycles. The summed E-state index contributed by atoms with van der Waals surface area (Å²) >= 11 is 0. The fraction of sp³-hybridized carbons (Fsp3) is 0.136. The van der Waals surface area contributed by atoms with E-state index >= 15 is 0 Å². The summed E-state index contributed by atoms with van der Waals surface area (Å²) in [5.41, 5.74) is 7.12. The van der Waals surface area contributed by atoms with Crippen molar-refractivity contribution in [2.75, 3.05) is 0 Å². The summed E-state index contributed by atoms with van der Waals surface area (Å²) in [6.07, 6.45) is 8.53. The second-order valence-corrected chi connectivity index (χ2v) is 5.59. The first kappa shape index (κ1) is 15.1. The zero-order valence-electron chi connectivity index (χ0n) is 13.3. The third kappa shape index (κ3) is 3.17. The quantitative estimate of drug-likeness (QED) is 0.714. The lowest BCUT2D eigenvalue weighted by Gasteiger charge is -2.17. The molecule has 0 bridgehead atoms. The minimum atomic E-state index is 0.695. The van der Waals surface area contributed by atoms with Crippen molar-refractivity contribution in [1.82, 2.24) is 0 Å². The Hall–Kier alpha value is -2.85. The van der Waals surface area contributed by atoms with Crippen molar-refractivity contribution in [2.24, 2.45) is 0 Å². The number of allylic oxidation sites excluding steroid dienone is 5. The summed E-state index contributed by atoms with van der Waals surface area (Å²) in [5, 5.41) is 9.03. The molecule has 1 aliphatic rings. The fourth-order valence-corrected chi connectivity index (χ4v) is 3.07. The first-order chi connectivity index (χ1) is 11.3. The van der Waals surface area contributed by atoms with Crippen LogP contribution in [0.1, 0.15) is 36.5 Å². The van der Waals surface area contributed by atoms with E-state index in [2.05, 4.69) is 67.6 Å². The maximum Gasteiger partial charge on any atom is 0.0991 e. The van der Waals surface area contributed by atoms with Crippen LogP contribution in [0.2, 0.25) is 0 Å². The van der Waals surface area contributed by atoms with Crippen molar-refractivity contribution < 1.29 is 0 Å². The molecule has 1 heteroatoms. The lowest BCUT2D eigenvalue weighted by atomic mass is 9.87. The summed E-state index contributed by atoms with van der Waals surface area (Å²) in [7, 11) is 0. The Kier molecular flexibility index (Phi) is 4.54. The minimum absolute atomic E-state index is 0.695. The Morgan fingerprint density at radius 2 is 1.70 bits per heavy atom. The molecule has 1 aliphatic carbocycles. The van der Waals surface area contributed by atoms with Crippen molar-refractivity contribution in [3.63, 3.8) is 0 Å². The van der Waals surface area contributed by atoms with Crippen LogP contribution in [-0.2, 0) is 0 Å². The zero-order valence-corrected chi connectivity index (χ0v) is 13.3. The summed E-state index contributed by atoms with van der Waals surface area (Å²) in [6, 6.07) is 20.6. The molecule has 0 radical (unpaired) electrons. The van der Waals surface area contributed by atoms with Crippen molar-refractivity contribution in [3.8, 4) is 6.07 Å². The maximum atomic E-state index is 9.03. The fourth-order valence-electron chi connectivity index (χ4n) is 3.07. The molecule has 0 aromatic heterocycles. The van der Waals surface area contributed by atoms with Crippen molar-refractivity contribution in [1.29, 1.82) is 5.26 Å². The summed E-state index contributed by atoms with van der Waals surface area (Å²) in [6.45, 7) is 2.21. The third-order valence-electron chi connectivity index (χ3n) is 4.18. The van der Waals surface area contributed by atoms with E-state index in [9.17, 15) is 0 Å². The van der Waals surface area contributed by atoms with Crippen LogP contribution in [0, 0.1) is 11.3 Å². The average molecular weight is 297 g/mol. The van der Waals surface area contributed by atoms with Gasteiger partial charge in [0.2, 0.25) is 0 Å². The highest BCUT2D eigenvalue weighted by molar-refractivity contribution is 5.85. The van der Waals surface area contributed by atoms with E-state index in [1.165, 1.54) is 27.8 Å². The Balaban J connectivity index is 2.19. The molecule has 3 rings (SSSR count). The largest absolute Gasteiger partial charge is 0.192 e. The van der Waals surface area contributed by atoms with Crippen molar-refractivity contribution in [2.45, 2.75) is 19.8 Å². The van der Waals surface area contributed by atoms with Gasteiger partial charge in [-0.3, -0.25) is 0 Å². The first-order valence-corrected chi connectivity index (χ1v) is 7.98. The highest BCUT2D eigenvalue weighted by Crippen LogP contribution is 2.34.